The summed E-state index contributed by atoms with van der Waals surface area (Å²) in [4.78, 5) is 0.227. The molecule has 0 amide bonds. The molecule has 116 valence electrons. The lowest BCUT2D eigenvalue weighted by Crippen LogP contribution is -2.38. The molecule has 1 aromatic rings. The Morgan fingerprint density at radius 2 is 2.00 bits per heavy atom. The summed E-state index contributed by atoms with van der Waals surface area (Å²) in [5.41, 5.74) is 6.93. The molecule has 0 heterocycles. The highest BCUT2D eigenvalue weighted by Gasteiger charge is 2.25. The van der Waals surface area contributed by atoms with Crippen molar-refractivity contribution >= 4 is 27.2 Å². The number of hydrogen-bond acceptors (Lipinski definition) is 3. The second kappa shape index (κ2) is 6.85. The van der Waals surface area contributed by atoms with Gasteiger partial charge in [0.1, 0.15) is 4.99 Å². The van der Waals surface area contributed by atoms with Gasteiger partial charge in [0, 0.05) is 11.6 Å². The summed E-state index contributed by atoms with van der Waals surface area (Å²) in [5, 5.41) is 0. The lowest BCUT2D eigenvalue weighted by atomic mass is 10.0. The Kier molecular flexibility index (Phi) is 5.35. The van der Waals surface area contributed by atoms with Gasteiger partial charge in [0.15, 0.2) is 0 Å². The number of nitrogens with two attached hydrogens (primary N) is 1. The van der Waals surface area contributed by atoms with Crippen molar-refractivity contribution in [2.45, 2.75) is 44.4 Å². The van der Waals surface area contributed by atoms with Crippen LogP contribution in [0.15, 0.2) is 24.3 Å². The van der Waals surface area contributed by atoms with Crippen molar-refractivity contribution in [2.24, 2.45) is 11.7 Å². The zero-order valence-corrected chi connectivity index (χ0v) is 13.8. The molecule has 4 nitrogen and oxygen atoms in total. The van der Waals surface area contributed by atoms with E-state index in [1.807, 2.05) is 6.92 Å². The second-order valence-corrected chi connectivity index (χ2v) is 7.93. The maximum Gasteiger partial charge on any atom is 0.216 e. The number of rotatable bonds is 6. The van der Waals surface area contributed by atoms with Crippen LogP contribution in [0.1, 0.15) is 43.7 Å². The molecule has 1 aliphatic carbocycles. The first kappa shape index (κ1) is 16.4. The highest BCUT2D eigenvalue weighted by Crippen LogP contribution is 2.28. The van der Waals surface area contributed by atoms with E-state index in [1.165, 1.54) is 12.8 Å². The summed E-state index contributed by atoms with van der Waals surface area (Å²) in [7, 11) is -3.39. The third kappa shape index (κ3) is 4.49. The third-order valence-electron chi connectivity index (χ3n) is 4.10. The van der Waals surface area contributed by atoms with Gasteiger partial charge in [0.25, 0.3) is 0 Å². The molecule has 0 saturated heterocycles. The van der Waals surface area contributed by atoms with E-state index in [2.05, 4.69) is 4.72 Å². The molecule has 6 heteroatoms. The van der Waals surface area contributed by atoms with Crippen molar-refractivity contribution in [3.05, 3.63) is 35.4 Å². The van der Waals surface area contributed by atoms with Crippen molar-refractivity contribution in [3.8, 4) is 0 Å². The van der Waals surface area contributed by atoms with Gasteiger partial charge in [-0.3, -0.25) is 0 Å². The molecule has 0 spiro atoms. The molecule has 0 radical (unpaired) electrons. The first-order chi connectivity index (χ1) is 9.89. The van der Waals surface area contributed by atoms with Crippen molar-refractivity contribution in [1.82, 2.24) is 4.72 Å². The van der Waals surface area contributed by atoms with E-state index in [4.69, 9.17) is 18.0 Å². The Morgan fingerprint density at radius 3 is 2.62 bits per heavy atom. The maximum atomic E-state index is 12.3. The van der Waals surface area contributed by atoms with E-state index in [1.54, 1.807) is 24.3 Å². The normalized spacial score (nSPS) is 17.8. The number of nitrogens with one attached hydrogen (secondary N) is 1. The summed E-state index contributed by atoms with van der Waals surface area (Å²) in [6, 6.07) is 7.10. The van der Waals surface area contributed by atoms with Crippen LogP contribution in [0.5, 0.6) is 0 Å². The first-order valence-corrected chi connectivity index (χ1v) is 9.33. The van der Waals surface area contributed by atoms with Gasteiger partial charge >= 0.3 is 0 Å². The summed E-state index contributed by atoms with van der Waals surface area (Å²) >= 11 is 4.98. The fourth-order valence-electron chi connectivity index (χ4n) is 2.97. The maximum absolute atomic E-state index is 12.3. The number of benzene rings is 1. The Balaban J connectivity index is 2.09. The smallest absolute Gasteiger partial charge is 0.216 e. The number of thiocarbonyl (C=S) groups is 1. The predicted molar refractivity (Wildman–Crippen MR) is 89.5 cm³/mol. The van der Waals surface area contributed by atoms with E-state index in [9.17, 15) is 8.42 Å². The fraction of sp³-hybridized carbons (Fsp3) is 0.533. The summed E-state index contributed by atoms with van der Waals surface area (Å²) in [6.07, 6.45) is 4.60. The quantitative estimate of drug-likeness (QED) is 0.787. The molecule has 1 aliphatic rings. The van der Waals surface area contributed by atoms with Crippen LogP contribution >= 0.6 is 12.2 Å². The molecule has 2 rings (SSSR count). The zero-order valence-electron chi connectivity index (χ0n) is 12.2. The molecule has 1 saturated carbocycles. The van der Waals surface area contributed by atoms with Gasteiger partial charge < -0.3 is 5.73 Å². The van der Waals surface area contributed by atoms with Gasteiger partial charge in [0.2, 0.25) is 10.0 Å². The van der Waals surface area contributed by atoms with Crippen LogP contribution < -0.4 is 10.5 Å². The second-order valence-electron chi connectivity index (χ2n) is 5.73. The van der Waals surface area contributed by atoms with Crippen molar-refractivity contribution in [3.63, 3.8) is 0 Å². The van der Waals surface area contributed by atoms with E-state index in [0.717, 1.165) is 12.8 Å². The van der Waals surface area contributed by atoms with Crippen molar-refractivity contribution < 1.29 is 8.42 Å². The minimum absolute atomic E-state index is 0.0190. The molecule has 1 fully saturated rings. The monoisotopic (exact) mass is 326 g/mol. The Labute approximate surface area is 132 Å². The van der Waals surface area contributed by atoms with Gasteiger partial charge in [-0.25, -0.2) is 13.1 Å². The van der Waals surface area contributed by atoms with Crippen molar-refractivity contribution in [1.29, 1.82) is 0 Å². The van der Waals surface area contributed by atoms with Gasteiger partial charge in [0.05, 0.1) is 5.75 Å². The molecule has 0 aliphatic heterocycles. The summed E-state index contributed by atoms with van der Waals surface area (Å²) in [6.45, 7) is 1.95. The number of hydrogen-bond donors (Lipinski definition) is 2. The topological polar surface area (TPSA) is 72.2 Å². The van der Waals surface area contributed by atoms with E-state index >= 15 is 0 Å². The summed E-state index contributed by atoms with van der Waals surface area (Å²) < 4.78 is 27.5. The first-order valence-electron chi connectivity index (χ1n) is 7.27. The van der Waals surface area contributed by atoms with Crippen LogP contribution in [0.25, 0.3) is 0 Å². The van der Waals surface area contributed by atoms with E-state index in [-0.39, 0.29) is 16.8 Å². The standard InChI is InChI=1S/C15H22N2O2S2/c1-11(12-6-2-3-7-12)17-21(18,19)10-13-8-4-5-9-14(13)15(16)20/h4-5,8-9,11-12,17H,2-3,6-7,10H2,1H3,(H2,16,20). The molecule has 3 N–H and O–H groups in total. The average molecular weight is 326 g/mol. The molecule has 1 unspecified atom stereocenters. The molecule has 0 aromatic heterocycles. The minimum atomic E-state index is -3.39. The van der Waals surface area contributed by atoms with Gasteiger partial charge in [-0.15, -0.1) is 0 Å². The lowest BCUT2D eigenvalue weighted by Gasteiger charge is -2.20. The number of sulfonamides is 1. The molecule has 1 atom stereocenters. The highest BCUT2D eigenvalue weighted by molar-refractivity contribution is 7.88. The van der Waals surface area contributed by atoms with Crippen LogP contribution in [0.2, 0.25) is 0 Å². The van der Waals surface area contributed by atoms with Gasteiger partial charge in [-0.2, -0.15) is 0 Å². The molecule has 0 bridgehead atoms. The van der Waals surface area contributed by atoms with Crippen molar-refractivity contribution in [2.75, 3.05) is 0 Å². The minimum Gasteiger partial charge on any atom is -0.389 e. The Bertz CT molecular complexity index is 608. The molecule has 1 aromatic carbocycles. The van der Waals surface area contributed by atoms with Crippen LogP contribution in [-0.4, -0.2) is 19.4 Å². The third-order valence-corrected chi connectivity index (χ3v) is 5.74. The highest BCUT2D eigenvalue weighted by atomic mass is 32.2. The lowest BCUT2D eigenvalue weighted by molar-refractivity contribution is 0.424. The van der Waals surface area contributed by atoms with Gasteiger partial charge in [-0.1, -0.05) is 49.3 Å². The zero-order chi connectivity index (χ0) is 15.5. The van der Waals surface area contributed by atoms with Gasteiger partial charge in [-0.05, 0) is 31.2 Å². The molecular weight excluding hydrogens is 304 g/mol. The van der Waals surface area contributed by atoms with Crippen LogP contribution in [-0.2, 0) is 15.8 Å². The van der Waals surface area contributed by atoms with E-state index < -0.39 is 10.0 Å². The van der Waals surface area contributed by atoms with Crippen LogP contribution in [0.3, 0.4) is 0 Å². The molecule has 21 heavy (non-hydrogen) atoms. The SMILES string of the molecule is CC(NS(=O)(=O)Cc1ccccc1C(N)=S)C1CCCC1. The average Bonchev–Trinajstić information content (AvgIpc) is 2.91. The predicted octanol–water partition coefficient (Wildman–Crippen LogP) is 2.32. The molecular formula is C15H22N2O2S2. The van der Waals surface area contributed by atoms with E-state index in [0.29, 0.717) is 17.0 Å². The Morgan fingerprint density at radius 1 is 1.38 bits per heavy atom. The van der Waals surface area contributed by atoms with Crippen LogP contribution in [0.4, 0.5) is 0 Å². The Hall–Kier alpha value is -0.980. The summed E-state index contributed by atoms with van der Waals surface area (Å²) in [5.74, 6) is 0.364. The largest absolute Gasteiger partial charge is 0.389 e. The van der Waals surface area contributed by atoms with Crippen LogP contribution in [0, 0.1) is 5.92 Å². The fourth-order valence-corrected chi connectivity index (χ4v) is 4.67.